The Balaban J connectivity index is 2.08. The molecule has 0 aliphatic rings. The molecule has 0 radical (unpaired) electrons. The highest BCUT2D eigenvalue weighted by Gasteiger charge is 2.30. The standard InChI is InChI=1S/C14H12F3OS/c15-14(16,17)12-8-6-11(7-9-12)10-19(18)13-4-2-1-3-5-13/h1-9,18H,10H2/q+1. The van der Waals surface area contributed by atoms with Crippen LogP contribution >= 0.6 is 0 Å². The van der Waals surface area contributed by atoms with Gasteiger partial charge in [0.1, 0.15) is 0 Å². The van der Waals surface area contributed by atoms with E-state index in [0.717, 1.165) is 17.0 Å². The van der Waals surface area contributed by atoms with Crippen molar-refractivity contribution in [3.63, 3.8) is 0 Å². The fourth-order valence-electron chi connectivity index (χ4n) is 1.61. The molecule has 19 heavy (non-hydrogen) atoms. The number of hydrogen-bond donors (Lipinski definition) is 1. The zero-order valence-electron chi connectivity index (χ0n) is 9.89. The molecule has 0 spiro atoms. The van der Waals surface area contributed by atoms with Crippen LogP contribution in [0.3, 0.4) is 0 Å². The summed E-state index contributed by atoms with van der Waals surface area (Å²) in [5, 5.41) is 0. The minimum absolute atomic E-state index is 0.322. The van der Waals surface area contributed by atoms with Gasteiger partial charge in [-0.05, 0) is 24.3 Å². The molecule has 0 bridgehead atoms. The summed E-state index contributed by atoms with van der Waals surface area (Å²) in [7, 11) is 0. The average Bonchev–Trinajstić information content (AvgIpc) is 2.39. The van der Waals surface area contributed by atoms with Gasteiger partial charge in [-0.25, -0.2) is 0 Å². The summed E-state index contributed by atoms with van der Waals surface area (Å²) in [6, 6.07) is 14.0. The first kappa shape index (κ1) is 14.0. The molecular formula is C14H12F3OS+. The van der Waals surface area contributed by atoms with Gasteiger partial charge in [0.25, 0.3) is 0 Å². The topological polar surface area (TPSA) is 20.2 Å². The van der Waals surface area contributed by atoms with Crippen LogP contribution in [0.1, 0.15) is 11.1 Å². The molecule has 0 aliphatic carbocycles. The summed E-state index contributed by atoms with van der Waals surface area (Å²) in [5.74, 6) is 0.322. The lowest BCUT2D eigenvalue weighted by atomic mass is 10.1. The molecule has 0 saturated heterocycles. The maximum atomic E-state index is 12.4. The second kappa shape index (κ2) is 5.67. The smallest absolute Gasteiger partial charge is 0.181 e. The van der Waals surface area contributed by atoms with Crippen molar-refractivity contribution in [3.05, 3.63) is 65.7 Å². The van der Waals surface area contributed by atoms with Crippen molar-refractivity contribution in [2.45, 2.75) is 16.8 Å². The molecule has 0 fully saturated rings. The second-order valence-electron chi connectivity index (χ2n) is 4.02. The molecule has 100 valence electrons. The van der Waals surface area contributed by atoms with E-state index in [4.69, 9.17) is 0 Å². The predicted octanol–water partition coefficient (Wildman–Crippen LogP) is 4.36. The summed E-state index contributed by atoms with van der Waals surface area (Å²) in [4.78, 5) is 0.780. The lowest BCUT2D eigenvalue weighted by Gasteiger charge is -2.06. The summed E-state index contributed by atoms with van der Waals surface area (Å²) in [6.07, 6.45) is -4.32. The van der Waals surface area contributed by atoms with E-state index in [-0.39, 0.29) is 0 Å². The summed E-state index contributed by atoms with van der Waals surface area (Å²) < 4.78 is 47.2. The fourth-order valence-corrected chi connectivity index (χ4v) is 2.75. The van der Waals surface area contributed by atoms with Crippen molar-refractivity contribution >= 4 is 11.2 Å². The molecule has 2 aromatic carbocycles. The summed E-state index contributed by atoms with van der Waals surface area (Å²) >= 11 is -0.993. The van der Waals surface area contributed by atoms with Crippen LogP contribution in [0.5, 0.6) is 0 Å². The first-order valence-electron chi connectivity index (χ1n) is 5.58. The monoisotopic (exact) mass is 285 g/mol. The van der Waals surface area contributed by atoms with Gasteiger partial charge in [0.05, 0.1) is 5.56 Å². The minimum atomic E-state index is -4.32. The van der Waals surface area contributed by atoms with Gasteiger partial charge < -0.3 is 0 Å². The van der Waals surface area contributed by atoms with E-state index in [1.54, 1.807) is 12.1 Å². The van der Waals surface area contributed by atoms with Crippen LogP contribution in [-0.2, 0) is 23.1 Å². The predicted molar refractivity (Wildman–Crippen MR) is 69.8 cm³/mol. The van der Waals surface area contributed by atoms with Gasteiger partial charge in [-0.1, -0.05) is 30.3 Å². The van der Waals surface area contributed by atoms with E-state index < -0.39 is 22.9 Å². The van der Waals surface area contributed by atoms with Crippen LogP contribution < -0.4 is 0 Å². The highest BCUT2D eigenvalue weighted by Crippen LogP contribution is 2.29. The maximum Gasteiger partial charge on any atom is 0.416 e. The molecule has 1 unspecified atom stereocenters. The van der Waals surface area contributed by atoms with E-state index in [0.29, 0.717) is 11.3 Å². The number of hydrogen-bond acceptors (Lipinski definition) is 1. The van der Waals surface area contributed by atoms with Gasteiger partial charge in [-0.15, -0.1) is 0 Å². The third-order valence-corrected chi connectivity index (χ3v) is 4.02. The normalized spacial score (nSPS) is 13.3. The first-order valence-corrected chi connectivity index (χ1v) is 6.93. The van der Waals surface area contributed by atoms with E-state index in [1.165, 1.54) is 12.1 Å². The van der Waals surface area contributed by atoms with E-state index in [9.17, 15) is 17.7 Å². The molecule has 0 heterocycles. The average molecular weight is 285 g/mol. The number of alkyl halides is 3. The van der Waals surface area contributed by atoms with Crippen LogP contribution in [0.4, 0.5) is 13.2 Å². The van der Waals surface area contributed by atoms with Crippen LogP contribution in [0.25, 0.3) is 0 Å². The Bertz CT molecular complexity index is 523. The Morgan fingerprint density at radius 1 is 0.895 bits per heavy atom. The Hall–Kier alpha value is -1.46. The molecule has 0 saturated carbocycles. The second-order valence-corrected chi connectivity index (χ2v) is 5.51. The zero-order chi connectivity index (χ0) is 13.9. The van der Waals surface area contributed by atoms with Crippen LogP contribution in [0.2, 0.25) is 0 Å². The van der Waals surface area contributed by atoms with Crippen molar-refractivity contribution in [1.82, 2.24) is 0 Å². The highest BCUT2D eigenvalue weighted by molar-refractivity contribution is 7.90. The Kier molecular flexibility index (Phi) is 4.17. The molecule has 1 nitrogen and oxygen atoms in total. The van der Waals surface area contributed by atoms with Crippen molar-refractivity contribution < 1.29 is 17.7 Å². The molecule has 0 aliphatic heterocycles. The highest BCUT2D eigenvalue weighted by atomic mass is 32.2. The SMILES string of the molecule is O[S+](Cc1ccc(C(F)(F)F)cc1)c1ccccc1. The lowest BCUT2D eigenvalue weighted by molar-refractivity contribution is -0.137. The van der Waals surface area contributed by atoms with Crippen LogP contribution in [0, 0.1) is 0 Å². The number of rotatable bonds is 3. The maximum absolute atomic E-state index is 12.4. The Morgan fingerprint density at radius 3 is 2.00 bits per heavy atom. The molecule has 2 aromatic rings. The molecule has 0 aromatic heterocycles. The van der Waals surface area contributed by atoms with Crippen LogP contribution in [0.15, 0.2) is 59.5 Å². The molecule has 1 atom stereocenters. The van der Waals surface area contributed by atoms with Gasteiger partial charge in [0, 0.05) is 5.56 Å². The minimum Gasteiger partial charge on any atom is -0.181 e. The summed E-state index contributed by atoms with van der Waals surface area (Å²) in [5.41, 5.74) is 0.0106. The largest absolute Gasteiger partial charge is 0.416 e. The molecule has 0 amide bonds. The molecular weight excluding hydrogens is 273 g/mol. The quantitative estimate of drug-likeness (QED) is 0.831. The van der Waals surface area contributed by atoms with Crippen molar-refractivity contribution in [2.24, 2.45) is 0 Å². The number of halogens is 3. The van der Waals surface area contributed by atoms with Gasteiger partial charge >= 0.3 is 6.18 Å². The first-order chi connectivity index (χ1) is 8.97. The third-order valence-electron chi connectivity index (χ3n) is 2.60. The van der Waals surface area contributed by atoms with Gasteiger partial charge in [-0.2, -0.15) is 17.7 Å². The fraction of sp³-hybridized carbons (Fsp3) is 0.143. The van der Waals surface area contributed by atoms with E-state index in [1.807, 2.05) is 18.2 Å². The number of benzene rings is 2. The van der Waals surface area contributed by atoms with E-state index >= 15 is 0 Å². The van der Waals surface area contributed by atoms with Crippen molar-refractivity contribution in [1.29, 1.82) is 0 Å². The summed E-state index contributed by atoms with van der Waals surface area (Å²) in [6.45, 7) is 0. The third kappa shape index (κ3) is 3.75. The van der Waals surface area contributed by atoms with Crippen molar-refractivity contribution in [2.75, 3.05) is 0 Å². The molecule has 5 heteroatoms. The zero-order valence-corrected chi connectivity index (χ0v) is 10.7. The Morgan fingerprint density at radius 2 is 1.47 bits per heavy atom. The van der Waals surface area contributed by atoms with Crippen LogP contribution in [-0.4, -0.2) is 4.55 Å². The van der Waals surface area contributed by atoms with Gasteiger partial charge in [0.2, 0.25) is 0 Å². The van der Waals surface area contributed by atoms with Gasteiger partial charge in [-0.3, -0.25) is 0 Å². The van der Waals surface area contributed by atoms with Gasteiger partial charge in [0.15, 0.2) is 21.8 Å². The molecule has 2 rings (SSSR count). The van der Waals surface area contributed by atoms with Crippen molar-refractivity contribution in [3.8, 4) is 0 Å². The molecule has 1 N–H and O–H groups in total. The Labute approximate surface area is 112 Å². The van der Waals surface area contributed by atoms with E-state index in [2.05, 4.69) is 0 Å². The lowest BCUT2D eigenvalue weighted by Crippen LogP contribution is -2.07.